The molecule has 7 heteroatoms. The summed E-state index contributed by atoms with van der Waals surface area (Å²) in [6.45, 7) is 0. The Balaban J connectivity index is 1.63. The molecule has 2 heterocycles. The van der Waals surface area contributed by atoms with Gasteiger partial charge in [-0.05, 0) is 37.5 Å². The van der Waals surface area contributed by atoms with Crippen molar-refractivity contribution in [1.29, 1.82) is 0 Å². The Labute approximate surface area is 132 Å². The summed E-state index contributed by atoms with van der Waals surface area (Å²) in [7, 11) is 0. The molecule has 1 saturated carbocycles. The summed E-state index contributed by atoms with van der Waals surface area (Å²) >= 11 is 0. The first-order chi connectivity index (χ1) is 11.0. The van der Waals surface area contributed by atoms with Crippen LogP contribution in [0.15, 0.2) is 18.2 Å². The molecule has 1 atom stereocenters. The lowest BCUT2D eigenvalue weighted by atomic mass is 10.0. The van der Waals surface area contributed by atoms with Crippen LogP contribution in [0.5, 0.6) is 0 Å². The van der Waals surface area contributed by atoms with Crippen LogP contribution >= 0.6 is 0 Å². The zero-order valence-corrected chi connectivity index (χ0v) is 12.3. The molecular formula is C16H15N3O4. The van der Waals surface area contributed by atoms with Gasteiger partial charge in [0.2, 0.25) is 11.8 Å². The Morgan fingerprint density at radius 1 is 1.00 bits per heavy atom. The molecule has 1 aromatic carbocycles. The molecule has 2 aliphatic heterocycles. The number of hydrogen-bond donors (Lipinski definition) is 2. The smallest absolute Gasteiger partial charge is 0.262 e. The first-order valence-corrected chi connectivity index (χ1v) is 7.67. The Bertz CT molecular complexity index is 754. The highest BCUT2D eigenvalue weighted by molar-refractivity contribution is 6.23. The van der Waals surface area contributed by atoms with Crippen LogP contribution in [0.4, 0.5) is 5.69 Å². The highest BCUT2D eigenvalue weighted by atomic mass is 16.2. The van der Waals surface area contributed by atoms with E-state index in [1.165, 1.54) is 0 Å². The largest absolute Gasteiger partial charge is 0.382 e. The summed E-state index contributed by atoms with van der Waals surface area (Å²) in [5, 5.41) is 5.47. The molecule has 1 saturated heterocycles. The van der Waals surface area contributed by atoms with Crippen molar-refractivity contribution < 1.29 is 19.2 Å². The van der Waals surface area contributed by atoms with Gasteiger partial charge in [0, 0.05) is 18.2 Å². The molecule has 0 bridgehead atoms. The molecular weight excluding hydrogens is 298 g/mol. The fraction of sp³-hybridized carbons (Fsp3) is 0.375. The number of benzene rings is 1. The normalized spacial score (nSPS) is 23.8. The maximum absolute atomic E-state index is 12.6. The second-order valence-electron chi connectivity index (χ2n) is 6.13. The maximum Gasteiger partial charge on any atom is 0.262 e. The van der Waals surface area contributed by atoms with Crippen molar-refractivity contribution in [1.82, 2.24) is 10.2 Å². The van der Waals surface area contributed by atoms with Gasteiger partial charge in [0.05, 0.1) is 11.1 Å². The average molecular weight is 313 g/mol. The summed E-state index contributed by atoms with van der Waals surface area (Å²) in [6, 6.07) is 4.58. The minimum atomic E-state index is -0.917. The monoisotopic (exact) mass is 313 g/mol. The van der Waals surface area contributed by atoms with Gasteiger partial charge in [0.15, 0.2) is 0 Å². The zero-order chi connectivity index (χ0) is 16.1. The predicted octanol–water partition coefficient (Wildman–Crippen LogP) is 0.662. The highest BCUT2D eigenvalue weighted by Crippen LogP contribution is 2.31. The number of imide groups is 2. The molecule has 4 amide bonds. The molecule has 0 radical (unpaired) electrons. The van der Waals surface area contributed by atoms with Crippen LogP contribution in [0.3, 0.4) is 0 Å². The van der Waals surface area contributed by atoms with Crippen LogP contribution in [-0.4, -0.2) is 40.6 Å². The number of piperidine rings is 1. The van der Waals surface area contributed by atoms with E-state index >= 15 is 0 Å². The molecule has 0 spiro atoms. The van der Waals surface area contributed by atoms with Crippen LogP contribution in [-0.2, 0) is 9.59 Å². The van der Waals surface area contributed by atoms with Gasteiger partial charge in [-0.15, -0.1) is 0 Å². The lowest BCUT2D eigenvalue weighted by Gasteiger charge is -2.27. The van der Waals surface area contributed by atoms with Crippen LogP contribution in [0.1, 0.15) is 46.4 Å². The van der Waals surface area contributed by atoms with E-state index in [0.29, 0.717) is 17.2 Å². The molecule has 1 unspecified atom stereocenters. The highest BCUT2D eigenvalue weighted by Gasteiger charge is 2.44. The molecule has 118 valence electrons. The van der Waals surface area contributed by atoms with Crippen molar-refractivity contribution >= 4 is 29.3 Å². The number of amides is 4. The minimum Gasteiger partial charge on any atom is -0.382 e. The van der Waals surface area contributed by atoms with Gasteiger partial charge in [0.1, 0.15) is 6.04 Å². The average Bonchev–Trinajstić information content (AvgIpc) is 3.29. The van der Waals surface area contributed by atoms with E-state index in [-0.39, 0.29) is 18.7 Å². The molecule has 1 aromatic rings. The Kier molecular flexibility index (Phi) is 2.97. The van der Waals surface area contributed by atoms with E-state index < -0.39 is 23.8 Å². The lowest BCUT2D eigenvalue weighted by Crippen LogP contribution is -2.54. The summed E-state index contributed by atoms with van der Waals surface area (Å²) in [5.74, 6) is -1.91. The summed E-state index contributed by atoms with van der Waals surface area (Å²) in [4.78, 5) is 49.3. The van der Waals surface area contributed by atoms with E-state index in [2.05, 4.69) is 10.6 Å². The molecule has 3 aliphatic rings. The van der Waals surface area contributed by atoms with Gasteiger partial charge in [-0.3, -0.25) is 29.4 Å². The molecule has 2 fully saturated rings. The molecule has 23 heavy (non-hydrogen) atoms. The van der Waals surface area contributed by atoms with Crippen LogP contribution in [0.2, 0.25) is 0 Å². The third-order valence-electron chi connectivity index (χ3n) is 4.39. The van der Waals surface area contributed by atoms with Crippen molar-refractivity contribution in [2.24, 2.45) is 0 Å². The van der Waals surface area contributed by atoms with Crippen molar-refractivity contribution in [3.05, 3.63) is 29.3 Å². The van der Waals surface area contributed by atoms with Crippen molar-refractivity contribution in [3.63, 3.8) is 0 Å². The number of rotatable bonds is 3. The zero-order valence-electron chi connectivity index (χ0n) is 12.3. The first kappa shape index (κ1) is 13.9. The molecule has 7 nitrogen and oxygen atoms in total. The van der Waals surface area contributed by atoms with Gasteiger partial charge in [0.25, 0.3) is 11.8 Å². The van der Waals surface area contributed by atoms with Crippen molar-refractivity contribution in [3.8, 4) is 0 Å². The minimum absolute atomic E-state index is 0.123. The van der Waals surface area contributed by atoms with Crippen LogP contribution in [0, 0.1) is 0 Å². The standard InChI is InChI=1S/C16H15N3O4/c20-13-6-5-12(14(21)18-13)19-15(22)10-4-3-9(17-8-1-2-8)7-11(10)16(19)23/h3-4,7-8,12,17H,1-2,5-6H2,(H,18,20,21). The van der Waals surface area contributed by atoms with E-state index in [9.17, 15) is 19.2 Å². The fourth-order valence-electron chi connectivity index (χ4n) is 3.02. The number of nitrogens with zero attached hydrogens (tertiary/aromatic N) is 1. The Morgan fingerprint density at radius 2 is 1.74 bits per heavy atom. The summed E-state index contributed by atoms with van der Waals surface area (Å²) in [6.07, 6.45) is 2.50. The van der Waals surface area contributed by atoms with Gasteiger partial charge < -0.3 is 5.32 Å². The molecule has 4 rings (SSSR count). The number of hydrogen-bond acceptors (Lipinski definition) is 5. The summed E-state index contributed by atoms with van der Waals surface area (Å²) < 4.78 is 0. The van der Waals surface area contributed by atoms with E-state index in [1.54, 1.807) is 18.2 Å². The first-order valence-electron chi connectivity index (χ1n) is 7.67. The van der Waals surface area contributed by atoms with Crippen LogP contribution in [0.25, 0.3) is 0 Å². The predicted molar refractivity (Wildman–Crippen MR) is 79.8 cm³/mol. The lowest BCUT2D eigenvalue weighted by molar-refractivity contribution is -0.136. The summed E-state index contributed by atoms with van der Waals surface area (Å²) in [5.41, 5.74) is 1.42. The van der Waals surface area contributed by atoms with Gasteiger partial charge >= 0.3 is 0 Å². The molecule has 2 N–H and O–H groups in total. The van der Waals surface area contributed by atoms with Gasteiger partial charge in [-0.2, -0.15) is 0 Å². The van der Waals surface area contributed by atoms with E-state index in [1.807, 2.05) is 0 Å². The number of anilines is 1. The molecule has 1 aliphatic carbocycles. The van der Waals surface area contributed by atoms with Gasteiger partial charge in [-0.25, -0.2) is 0 Å². The third kappa shape index (κ3) is 2.28. The van der Waals surface area contributed by atoms with E-state index in [4.69, 9.17) is 0 Å². The number of nitrogens with one attached hydrogen (secondary N) is 2. The quantitative estimate of drug-likeness (QED) is 0.799. The second kappa shape index (κ2) is 4.91. The Hall–Kier alpha value is -2.70. The topological polar surface area (TPSA) is 95.6 Å². The molecule has 0 aromatic heterocycles. The number of carbonyl (C=O) groups excluding carboxylic acids is 4. The van der Waals surface area contributed by atoms with Crippen LogP contribution < -0.4 is 10.6 Å². The Morgan fingerprint density at radius 3 is 2.43 bits per heavy atom. The number of carbonyl (C=O) groups is 4. The SMILES string of the molecule is O=C1CCC(N2C(=O)c3ccc(NC4CC4)cc3C2=O)C(=O)N1. The van der Waals surface area contributed by atoms with E-state index in [0.717, 1.165) is 23.4 Å². The maximum atomic E-state index is 12.6. The van der Waals surface area contributed by atoms with Gasteiger partial charge in [-0.1, -0.05) is 0 Å². The fourth-order valence-corrected chi connectivity index (χ4v) is 3.02. The second-order valence-corrected chi connectivity index (χ2v) is 6.13. The van der Waals surface area contributed by atoms with Crippen molar-refractivity contribution in [2.45, 2.75) is 37.8 Å². The van der Waals surface area contributed by atoms with Crippen molar-refractivity contribution in [2.75, 3.05) is 5.32 Å². The number of fused-ring (bicyclic) bond motifs is 1. The third-order valence-corrected chi connectivity index (χ3v) is 4.39.